The molecule has 7 heteroatoms. The summed E-state index contributed by atoms with van der Waals surface area (Å²) in [5, 5.41) is 0.982. The lowest BCUT2D eigenvalue weighted by Crippen LogP contribution is -2.12. The Morgan fingerprint density at radius 1 is 1.17 bits per heavy atom. The highest BCUT2D eigenvalue weighted by Crippen LogP contribution is 2.27. The number of carbonyl (C=O) groups excluding carboxylic acids is 2. The highest BCUT2D eigenvalue weighted by molar-refractivity contribution is 7.29. The third-order valence-corrected chi connectivity index (χ3v) is 4.06. The third-order valence-electron chi connectivity index (χ3n) is 3.02. The number of carbonyl (C=O) groups is 2. The quantitative estimate of drug-likeness (QED) is 0.273. The van der Waals surface area contributed by atoms with Crippen LogP contribution in [0.15, 0.2) is 43.0 Å². The minimum absolute atomic E-state index is 0.171. The fraction of sp³-hybridized carbons (Fsp3) is 0. The summed E-state index contributed by atoms with van der Waals surface area (Å²) in [6, 6.07) is 7.96. The summed E-state index contributed by atoms with van der Waals surface area (Å²) in [5.74, 6) is -1.17. The van der Waals surface area contributed by atoms with Crippen molar-refractivity contribution in [2.24, 2.45) is 0 Å². The molecule has 0 amide bonds. The van der Waals surface area contributed by atoms with E-state index in [2.05, 4.69) is 25.1 Å². The molecular weight excluding hydrogens is 337 g/mol. The first-order chi connectivity index (χ1) is 11.0. The van der Waals surface area contributed by atoms with Gasteiger partial charge in [0.25, 0.3) is 6.47 Å². The van der Waals surface area contributed by atoms with Gasteiger partial charge in [-0.25, -0.2) is 9.18 Å². The van der Waals surface area contributed by atoms with Crippen molar-refractivity contribution in [3.05, 3.63) is 48.8 Å². The van der Waals surface area contributed by atoms with Gasteiger partial charge in [-0.05, 0) is 40.7 Å². The van der Waals surface area contributed by atoms with Gasteiger partial charge in [0.05, 0.1) is 0 Å². The first-order valence-corrected chi connectivity index (χ1v) is 7.55. The molecule has 0 N–H and O–H groups in total. The summed E-state index contributed by atoms with van der Waals surface area (Å²) in [7, 11) is 4.80. The standard InChI is InChI=1S/C16H13FO4P2/c1-2-14(19)21-12-6-5-11(16(23)15(12)17)10-4-3-9(20-8-18)7-13(10)22/h2-8H,1,22-23H2. The Hall–Kier alpha value is -2.09. The zero-order chi connectivity index (χ0) is 17.0. The summed E-state index contributed by atoms with van der Waals surface area (Å²) < 4.78 is 24.0. The average Bonchev–Trinajstić information content (AvgIpc) is 2.53. The highest BCUT2D eigenvalue weighted by atomic mass is 31.0. The number of esters is 1. The maximum atomic E-state index is 14.4. The first-order valence-electron chi connectivity index (χ1n) is 6.40. The minimum atomic E-state index is -0.733. The molecule has 23 heavy (non-hydrogen) atoms. The fourth-order valence-corrected chi connectivity index (χ4v) is 2.76. The van der Waals surface area contributed by atoms with E-state index in [4.69, 9.17) is 9.47 Å². The predicted octanol–water partition coefficient (Wildman–Crippen LogP) is 2.12. The second-order valence-corrected chi connectivity index (χ2v) is 5.63. The summed E-state index contributed by atoms with van der Waals surface area (Å²) >= 11 is 0. The molecule has 0 fully saturated rings. The molecule has 0 saturated heterocycles. The van der Waals surface area contributed by atoms with Crippen molar-refractivity contribution < 1.29 is 23.5 Å². The van der Waals surface area contributed by atoms with Crippen LogP contribution in [0.1, 0.15) is 0 Å². The second-order valence-electron chi connectivity index (χ2n) is 4.43. The van der Waals surface area contributed by atoms with Gasteiger partial charge in [0.2, 0.25) is 0 Å². The van der Waals surface area contributed by atoms with Crippen LogP contribution in [-0.2, 0) is 9.59 Å². The smallest absolute Gasteiger partial charge is 0.335 e. The van der Waals surface area contributed by atoms with Crippen molar-refractivity contribution in [1.29, 1.82) is 0 Å². The van der Waals surface area contributed by atoms with Crippen LogP contribution in [0.4, 0.5) is 4.39 Å². The fourth-order valence-electron chi connectivity index (χ4n) is 1.95. The van der Waals surface area contributed by atoms with Crippen LogP contribution in [0.2, 0.25) is 0 Å². The van der Waals surface area contributed by atoms with E-state index in [9.17, 15) is 14.0 Å². The second kappa shape index (κ2) is 7.45. The van der Waals surface area contributed by atoms with Crippen LogP contribution in [0.25, 0.3) is 11.1 Å². The van der Waals surface area contributed by atoms with Crippen molar-refractivity contribution >= 4 is 41.5 Å². The summed E-state index contributed by atoms with van der Waals surface area (Å²) in [5.41, 5.74) is 1.34. The first kappa shape index (κ1) is 17.3. The Bertz CT molecular complexity index is 790. The van der Waals surface area contributed by atoms with E-state index < -0.39 is 11.8 Å². The molecule has 0 aromatic heterocycles. The Morgan fingerprint density at radius 2 is 1.87 bits per heavy atom. The van der Waals surface area contributed by atoms with Crippen molar-refractivity contribution in [3.63, 3.8) is 0 Å². The number of ether oxygens (including phenoxy) is 2. The molecule has 2 atom stereocenters. The molecular formula is C16H13FO4P2. The van der Waals surface area contributed by atoms with Crippen LogP contribution in [-0.4, -0.2) is 12.4 Å². The number of hydrogen-bond donors (Lipinski definition) is 0. The lowest BCUT2D eigenvalue weighted by Gasteiger charge is -2.13. The Balaban J connectivity index is 2.45. The van der Waals surface area contributed by atoms with E-state index in [1.54, 1.807) is 24.3 Å². The molecule has 4 nitrogen and oxygen atoms in total. The lowest BCUT2D eigenvalue weighted by molar-refractivity contribution is -0.129. The molecule has 0 radical (unpaired) electrons. The largest absolute Gasteiger partial charge is 0.429 e. The SMILES string of the molecule is C=CC(=O)Oc1ccc(-c2ccc(OC=O)cc2P)c(P)c1F. The van der Waals surface area contributed by atoms with Gasteiger partial charge in [-0.15, -0.1) is 18.5 Å². The molecule has 0 aliphatic rings. The average molecular weight is 350 g/mol. The summed E-state index contributed by atoms with van der Waals surface area (Å²) in [4.78, 5) is 21.6. The minimum Gasteiger partial charge on any atom is -0.429 e. The monoisotopic (exact) mass is 350 g/mol. The van der Waals surface area contributed by atoms with Gasteiger partial charge in [0.15, 0.2) is 11.6 Å². The van der Waals surface area contributed by atoms with Gasteiger partial charge in [-0.2, -0.15) is 0 Å². The molecule has 0 saturated carbocycles. The normalized spacial score (nSPS) is 10.0. The maximum absolute atomic E-state index is 14.4. The molecule has 2 rings (SSSR count). The topological polar surface area (TPSA) is 52.6 Å². The molecule has 0 aliphatic carbocycles. The zero-order valence-electron chi connectivity index (χ0n) is 11.9. The van der Waals surface area contributed by atoms with Crippen LogP contribution in [0, 0.1) is 5.82 Å². The van der Waals surface area contributed by atoms with Gasteiger partial charge in [-0.1, -0.05) is 12.6 Å². The molecule has 2 aromatic carbocycles. The number of benzene rings is 2. The van der Waals surface area contributed by atoms with Crippen molar-refractivity contribution in [3.8, 4) is 22.6 Å². The molecule has 2 unspecified atom stereocenters. The highest BCUT2D eigenvalue weighted by Gasteiger charge is 2.15. The van der Waals surface area contributed by atoms with E-state index in [1.807, 2.05) is 0 Å². The van der Waals surface area contributed by atoms with Gasteiger partial charge in [-0.3, -0.25) is 4.79 Å². The number of halogens is 1. The van der Waals surface area contributed by atoms with Crippen LogP contribution >= 0.6 is 18.5 Å². The van der Waals surface area contributed by atoms with E-state index in [-0.39, 0.29) is 11.1 Å². The van der Waals surface area contributed by atoms with Crippen LogP contribution < -0.4 is 20.1 Å². The number of rotatable bonds is 5. The van der Waals surface area contributed by atoms with E-state index in [1.165, 1.54) is 6.07 Å². The van der Waals surface area contributed by atoms with Crippen molar-refractivity contribution in [1.82, 2.24) is 0 Å². The lowest BCUT2D eigenvalue weighted by atomic mass is 10.0. The predicted molar refractivity (Wildman–Crippen MR) is 93.0 cm³/mol. The summed E-state index contributed by atoms with van der Waals surface area (Å²) in [6.45, 7) is 3.60. The van der Waals surface area contributed by atoms with Crippen molar-refractivity contribution in [2.75, 3.05) is 0 Å². The molecule has 0 heterocycles. The third kappa shape index (κ3) is 3.82. The molecule has 118 valence electrons. The van der Waals surface area contributed by atoms with E-state index >= 15 is 0 Å². The summed E-state index contributed by atoms with van der Waals surface area (Å²) in [6.07, 6.45) is 0.961. The van der Waals surface area contributed by atoms with Gasteiger partial charge in [0.1, 0.15) is 5.75 Å². The zero-order valence-corrected chi connectivity index (χ0v) is 14.2. The molecule has 0 spiro atoms. The Labute approximate surface area is 137 Å². The van der Waals surface area contributed by atoms with Crippen LogP contribution in [0.3, 0.4) is 0 Å². The van der Waals surface area contributed by atoms with Gasteiger partial charge in [0, 0.05) is 11.4 Å². The Morgan fingerprint density at radius 3 is 2.48 bits per heavy atom. The van der Waals surface area contributed by atoms with Gasteiger partial charge >= 0.3 is 5.97 Å². The van der Waals surface area contributed by atoms with Gasteiger partial charge < -0.3 is 9.47 Å². The molecule has 2 aromatic rings. The maximum Gasteiger partial charge on any atom is 0.335 e. The molecule has 0 bridgehead atoms. The Kier molecular flexibility index (Phi) is 5.59. The molecule has 0 aliphatic heterocycles. The van der Waals surface area contributed by atoms with E-state index in [0.29, 0.717) is 17.8 Å². The van der Waals surface area contributed by atoms with Crippen molar-refractivity contribution in [2.45, 2.75) is 0 Å². The van der Waals surface area contributed by atoms with E-state index in [0.717, 1.165) is 16.9 Å². The number of hydrogen-bond acceptors (Lipinski definition) is 4. The van der Waals surface area contributed by atoms with Crippen LogP contribution in [0.5, 0.6) is 11.5 Å².